The van der Waals surface area contributed by atoms with Crippen LogP contribution in [0.1, 0.15) is 31.9 Å². The van der Waals surface area contributed by atoms with Crippen molar-refractivity contribution in [3.8, 4) is 0 Å². The maximum absolute atomic E-state index is 3.43. The SMILES string of the molecule is CCn1cccc1CCC1CCNCC1. The van der Waals surface area contributed by atoms with E-state index in [9.17, 15) is 0 Å². The van der Waals surface area contributed by atoms with Crippen LogP contribution in [0.3, 0.4) is 0 Å². The highest BCUT2D eigenvalue weighted by atomic mass is 14.9. The lowest BCUT2D eigenvalue weighted by atomic mass is 9.92. The minimum atomic E-state index is 0.950. The quantitative estimate of drug-likeness (QED) is 0.800. The first-order chi connectivity index (χ1) is 7.40. The van der Waals surface area contributed by atoms with E-state index in [0.717, 1.165) is 12.5 Å². The van der Waals surface area contributed by atoms with Gasteiger partial charge in [-0.1, -0.05) is 0 Å². The minimum Gasteiger partial charge on any atom is -0.352 e. The average molecular weight is 206 g/mol. The number of nitrogens with zero attached hydrogens (tertiary/aromatic N) is 1. The normalized spacial score (nSPS) is 18.2. The van der Waals surface area contributed by atoms with Gasteiger partial charge in [-0.15, -0.1) is 0 Å². The molecule has 1 fully saturated rings. The van der Waals surface area contributed by atoms with Crippen molar-refractivity contribution in [2.24, 2.45) is 5.92 Å². The highest BCUT2D eigenvalue weighted by Gasteiger charge is 2.13. The van der Waals surface area contributed by atoms with Gasteiger partial charge in [0, 0.05) is 18.4 Å². The number of hydrogen-bond donors (Lipinski definition) is 1. The molecule has 1 aromatic rings. The van der Waals surface area contributed by atoms with Crippen molar-refractivity contribution in [1.29, 1.82) is 0 Å². The van der Waals surface area contributed by atoms with Crippen molar-refractivity contribution >= 4 is 0 Å². The smallest absolute Gasteiger partial charge is 0.0193 e. The van der Waals surface area contributed by atoms with Crippen LogP contribution in [0.15, 0.2) is 18.3 Å². The van der Waals surface area contributed by atoms with Gasteiger partial charge in [0.2, 0.25) is 0 Å². The molecule has 0 unspecified atom stereocenters. The summed E-state index contributed by atoms with van der Waals surface area (Å²) in [5.74, 6) is 0.950. The number of rotatable bonds is 4. The number of aryl methyl sites for hydroxylation is 2. The zero-order chi connectivity index (χ0) is 10.5. The summed E-state index contributed by atoms with van der Waals surface area (Å²) >= 11 is 0. The van der Waals surface area contributed by atoms with Crippen LogP contribution >= 0.6 is 0 Å². The molecule has 15 heavy (non-hydrogen) atoms. The highest BCUT2D eigenvalue weighted by Crippen LogP contribution is 2.18. The third kappa shape index (κ3) is 2.85. The maximum Gasteiger partial charge on any atom is 0.0193 e. The summed E-state index contributed by atoms with van der Waals surface area (Å²) in [6.45, 7) is 5.77. The fourth-order valence-corrected chi connectivity index (χ4v) is 2.51. The standard InChI is InChI=1S/C13H22N2/c1-2-15-11-3-4-13(15)6-5-12-7-9-14-10-8-12/h3-4,11-12,14H,2,5-10H2,1H3. The minimum absolute atomic E-state index is 0.950. The molecule has 0 aromatic carbocycles. The van der Waals surface area contributed by atoms with Crippen molar-refractivity contribution in [2.45, 2.75) is 39.2 Å². The second kappa shape index (κ2) is 5.36. The Balaban J connectivity index is 1.81. The third-order valence-electron chi connectivity index (χ3n) is 3.53. The van der Waals surface area contributed by atoms with Crippen molar-refractivity contribution in [1.82, 2.24) is 9.88 Å². The first kappa shape index (κ1) is 10.7. The molecular formula is C13H22N2. The Morgan fingerprint density at radius 1 is 1.40 bits per heavy atom. The Morgan fingerprint density at radius 3 is 2.93 bits per heavy atom. The lowest BCUT2D eigenvalue weighted by Gasteiger charge is -2.22. The summed E-state index contributed by atoms with van der Waals surface area (Å²) < 4.78 is 2.36. The van der Waals surface area contributed by atoms with Crippen molar-refractivity contribution in [2.75, 3.05) is 13.1 Å². The molecule has 0 radical (unpaired) electrons. The summed E-state index contributed by atoms with van der Waals surface area (Å²) in [6.07, 6.45) is 7.55. The largest absolute Gasteiger partial charge is 0.352 e. The van der Waals surface area contributed by atoms with Crippen molar-refractivity contribution in [3.05, 3.63) is 24.0 Å². The molecular weight excluding hydrogens is 184 g/mol. The Hall–Kier alpha value is -0.760. The van der Waals surface area contributed by atoms with Crippen LogP contribution in [0, 0.1) is 5.92 Å². The molecule has 1 saturated heterocycles. The molecule has 1 aromatic heterocycles. The van der Waals surface area contributed by atoms with Gasteiger partial charge >= 0.3 is 0 Å². The Kier molecular flexibility index (Phi) is 3.84. The Labute approximate surface area is 92.7 Å². The lowest BCUT2D eigenvalue weighted by Crippen LogP contribution is -2.28. The lowest BCUT2D eigenvalue weighted by molar-refractivity contribution is 0.352. The predicted octanol–water partition coefficient (Wildman–Crippen LogP) is 2.44. The van der Waals surface area contributed by atoms with Crippen LogP contribution in [-0.4, -0.2) is 17.7 Å². The summed E-state index contributed by atoms with van der Waals surface area (Å²) in [4.78, 5) is 0. The Morgan fingerprint density at radius 2 is 2.20 bits per heavy atom. The van der Waals surface area contributed by atoms with Gasteiger partial charge in [-0.05, 0) is 63.7 Å². The Bertz CT molecular complexity index is 284. The van der Waals surface area contributed by atoms with Crippen LogP contribution in [0.5, 0.6) is 0 Å². The summed E-state index contributed by atoms with van der Waals surface area (Å²) in [5, 5.41) is 3.43. The van der Waals surface area contributed by atoms with Gasteiger partial charge in [-0.3, -0.25) is 0 Å². The monoisotopic (exact) mass is 206 g/mol. The molecule has 2 heteroatoms. The van der Waals surface area contributed by atoms with E-state index in [1.54, 1.807) is 0 Å². The van der Waals surface area contributed by atoms with Crippen LogP contribution in [0.4, 0.5) is 0 Å². The second-order valence-corrected chi connectivity index (χ2v) is 4.52. The molecule has 0 aliphatic carbocycles. The molecule has 0 spiro atoms. The fraction of sp³-hybridized carbons (Fsp3) is 0.692. The molecule has 2 heterocycles. The van der Waals surface area contributed by atoms with Crippen molar-refractivity contribution < 1.29 is 0 Å². The van der Waals surface area contributed by atoms with Crippen LogP contribution in [0.25, 0.3) is 0 Å². The van der Waals surface area contributed by atoms with Gasteiger partial charge < -0.3 is 9.88 Å². The molecule has 2 rings (SSSR count). The number of piperidine rings is 1. The van der Waals surface area contributed by atoms with E-state index in [1.807, 2.05) is 0 Å². The molecule has 84 valence electrons. The molecule has 0 amide bonds. The summed E-state index contributed by atoms with van der Waals surface area (Å²) in [6, 6.07) is 4.44. The molecule has 1 aliphatic heterocycles. The summed E-state index contributed by atoms with van der Waals surface area (Å²) in [5.41, 5.74) is 1.51. The second-order valence-electron chi connectivity index (χ2n) is 4.52. The van der Waals surface area contributed by atoms with E-state index < -0.39 is 0 Å². The van der Waals surface area contributed by atoms with E-state index >= 15 is 0 Å². The first-order valence-electron chi connectivity index (χ1n) is 6.25. The average Bonchev–Trinajstić information content (AvgIpc) is 2.75. The molecule has 0 atom stereocenters. The van der Waals surface area contributed by atoms with Gasteiger partial charge in [-0.2, -0.15) is 0 Å². The van der Waals surface area contributed by atoms with E-state index in [1.165, 1.54) is 44.5 Å². The number of aromatic nitrogens is 1. The van der Waals surface area contributed by atoms with Gasteiger partial charge in [0.1, 0.15) is 0 Å². The van der Waals surface area contributed by atoms with E-state index in [4.69, 9.17) is 0 Å². The van der Waals surface area contributed by atoms with Crippen LogP contribution in [0.2, 0.25) is 0 Å². The molecule has 0 saturated carbocycles. The van der Waals surface area contributed by atoms with E-state index in [0.29, 0.717) is 0 Å². The van der Waals surface area contributed by atoms with E-state index in [2.05, 4.69) is 35.1 Å². The highest BCUT2D eigenvalue weighted by molar-refractivity contribution is 5.07. The van der Waals surface area contributed by atoms with E-state index in [-0.39, 0.29) is 0 Å². The number of nitrogens with one attached hydrogen (secondary N) is 1. The van der Waals surface area contributed by atoms with Gasteiger partial charge in [0.05, 0.1) is 0 Å². The first-order valence-corrected chi connectivity index (χ1v) is 6.25. The van der Waals surface area contributed by atoms with Crippen LogP contribution < -0.4 is 5.32 Å². The molecule has 2 nitrogen and oxygen atoms in total. The van der Waals surface area contributed by atoms with Gasteiger partial charge in [-0.25, -0.2) is 0 Å². The predicted molar refractivity (Wildman–Crippen MR) is 64.0 cm³/mol. The van der Waals surface area contributed by atoms with Gasteiger partial charge in [0.15, 0.2) is 0 Å². The topological polar surface area (TPSA) is 17.0 Å². The zero-order valence-electron chi connectivity index (χ0n) is 9.71. The fourth-order valence-electron chi connectivity index (χ4n) is 2.51. The van der Waals surface area contributed by atoms with Crippen LogP contribution in [-0.2, 0) is 13.0 Å². The maximum atomic E-state index is 3.43. The molecule has 0 bridgehead atoms. The molecule has 1 aliphatic rings. The zero-order valence-corrected chi connectivity index (χ0v) is 9.71. The van der Waals surface area contributed by atoms with Gasteiger partial charge in [0.25, 0.3) is 0 Å². The molecule has 1 N–H and O–H groups in total. The third-order valence-corrected chi connectivity index (χ3v) is 3.53. The summed E-state index contributed by atoms with van der Waals surface area (Å²) in [7, 11) is 0. The van der Waals surface area contributed by atoms with Crippen molar-refractivity contribution in [3.63, 3.8) is 0 Å². The number of hydrogen-bond acceptors (Lipinski definition) is 1.